The van der Waals surface area contributed by atoms with E-state index in [9.17, 15) is 18.0 Å². The molecule has 1 aliphatic carbocycles. The van der Waals surface area contributed by atoms with Gasteiger partial charge in [-0.25, -0.2) is 8.42 Å². The molecule has 0 bridgehead atoms. The van der Waals surface area contributed by atoms with Crippen LogP contribution in [0.4, 0.5) is 17.1 Å². The quantitative estimate of drug-likeness (QED) is 0.786. The summed E-state index contributed by atoms with van der Waals surface area (Å²) in [4.78, 5) is 28.9. The molecule has 0 spiro atoms. The van der Waals surface area contributed by atoms with Crippen LogP contribution < -0.4 is 14.5 Å². The summed E-state index contributed by atoms with van der Waals surface area (Å²) in [6.07, 6.45) is 2.96. The molecule has 1 N–H and O–H groups in total. The van der Waals surface area contributed by atoms with Gasteiger partial charge in [-0.2, -0.15) is 0 Å². The number of sulfonamides is 1. The Morgan fingerprint density at radius 2 is 1.68 bits per heavy atom. The van der Waals surface area contributed by atoms with Crippen molar-refractivity contribution in [2.45, 2.75) is 39.7 Å². The standard InChI is InChI=1S/C23H27N3O4S/c1-14-11-18(7-9-20(14)24-31(4,29)30)19-8-10-21-22(12-19)25(23(28)17-5-6-17)13-15(2)26(21)16(3)27/h7-12,15,17,24H,5-6,13H2,1-4H3/t15-/m0/s1. The van der Waals surface area contributed by atoms with Crippen LogP contribution in [0.3, 0.4) is 0 Å². The predicted octanol–water partition coefficient (Wildman–Crippen LogP) is 3.53. The topological polar surface area (TPSA) is 86.8 Å². The van der Waals surface area contributed by atoms with E-state index in [-0.39, 0.29) is 23.8 Å². The summed E-state index contributed by atoms with van der Waals surface area (Å²) >= 11 is 0. The van der Waals surface area contributed by atoms with Gasteiger partial charge in [-0.15, -0.1) is 0 Å². The minimum absolute atomic E-state index is 0.0490. The monoisotopic (exact) mass is 441 g/mol. The maximum atomic E-state index is 13.0. The van der Waals surface area contributed by atoms with Crippen LogP contribution in [0, 0.1) is 12.8 Å². The van der Waals surface area contributed by atoms with Crippen molar-refractivity contribution >= 4 is 38.9 Å². The zero-order chi connectivity index (χ0) is 22.5. The Morgan fingerprint density at radius 1 is 1.03 bits per heavy atom. The number of carbonyl (C=O) groups is 2. The molecule has 31 heavy (non-hydrogen) atoms. The summed E-state index contributed by atoms with van der Waals surface area (Å²) in [5, 5.41) is 0. The number of hydrogen-bond acceptors (Lipinski definition) is 4. The second kappa shape index (κ2) is 7.67. The number of benzene rings is 2. The van der Waals surface area contributed by atoms with Crippen LogP contribution in [-0.2, 0) is 19.6 Å². The van der Waals surface area contributed by atoms with E-state index in [1.54, 1.807) is 17.9 Å². The zero-order valence-corrected chi connectivity index (χ0v) is 19.0. The van der Waals surface area contributed by atoms with Crippen LogP contribution in [0.25, 0.3) is 11.1 Å². The van der Waals surface area contributed by atoms with Gasteiger partial charge in [0, 0.05) is 19.4 Å². The normalized spacial score (nSPS) is 18.5. The molecule has 2 aliphatic rings. The van der Waals surface area contributed by atoms with Gasteiger partial charge in [-0.05, 0) is 67.6 Å². The van der Waals surface area contributed by atoms with Crippen molar-refractivity contribution in [1.82, 2.24) is 0 Å². The minimum atomic E-state index is -3.36. The number of amides is 2. The molecule has 0 saturated heterocycles. The smallest absolute Gasteiger partial charge is 0.230 e. The summed E-state index contributed by atoms with van der Waals surface area (Å²) in [6, 6.07) is 11.2. The highest BCUT2D eigenvalue weighted by Gasteiger charge is 2.39. The Balaban J connectivity index is 1.76. The molecule has 2 amide bonds. The molecule has 4 rings (SSSR count). The number of nitrogens with zero attached hydrogens (tertiary/aromatic N) is 2. The Kier molecular flexibility index (Phi) is 5.29. The van der Waals surface area contributed by atoms with Crippen molar-refractivity contribution < 1.29 is 18.0 Å². The number of carbonyl (C=O) groups excluding carboxylic acids is 2. The van der Waals surface area contributed by atoms with Gasteiger partial charge in [0.05, 0.1) is 29.4 Å². The molecule has 8 heteroatoms. The van der Waals surface area contributed by atoms with Crippen molar-refractivity contribution in [2.75, 3.05) is 27.3 Å². The fraction of sp³-hybridized carbons (Fsp3) is 0.391. The maximum absolute atomic E-state index is 13.0. The lowest BCUT2D eigenvalue weighted by Gasteiger charge is -2.41. The summed E-state index contributed by atoms with van der Waals surface area (Å²) in [7, 11) is -3.36. The highest BCUT2D eigenvalue weighted by atomic mass is 32.2. The summed E-state index contributed by atoms with van der Waals surface area (Å²) < 4.78 is 25.6. The number of anilines is 3. The lowest BCUT2D eigenvalue weighted by Crippen LogP contribution is -2.51. The third-order valence-corrected chi connectivity index (χ3v) is 6.39. The van der Waals surface area contributed by atoms with E-state index < -0.39 is 10.0 Å². The van der Waals surface area contributed by atoms with Crippen molar-refractivity contribution in [1.29, 1.82) is 0 Å². The van der Waals surface area contributed by atoms with E-state index in [0.717, 1.165) is 47.2 Å². The first-order valence-corrected chi connectivity index (χ1v) is 12.3. The third-order valence-electron chi connectivity index (χ3n) is 5.80. The Bertz CT molecular complexity index is 1170. The van der Waals surface area contributed by atoms with Crippen LogP contribution in [0.2, 0.25) is 0 Å². The average molecular weight is 442 g/mol. The predicted molar refractivity (Wildman–Crippen MR) is 123 cm³/mol. The van der Waals surface area contributed by atoms with E-state index >= 15 is 0 Å². The first-order valence-electron chi connectivity index (χ1n) is 10.4. The van der Waals surface area contributed by atoms with E-state index in [0.29, 0.717) is 12.2 Å². The first kappa shape index (κ1) is 21.4. The number of hydrogen-bond donors (Lipinski definition) is 1. The van der Waals surface area contributed by atoms with Crippen LogP contribution >= 0.6 is 0 Å². The van der Waals surface area contributed by atoms with Crippen LogP contribution in [0.1, 0.15) is 32.3 Å². The summed E-state index contributed by atoms with van der Waals surface area (Å²) in [5.41, 5.74) is 4.64. The third kappa shape index (κ3) is 4.30. The van der Waals surface area contributed by atoms with Gasteiger partial charge >= 0.3 is 0 Å². The average Bonchev–Trinajstić information content (AvgIpc) is 3.52. The molecule has 1 atom stereocenters. The molecular formula is C23H27N3O4S. The minimum Gasteiger partial charge on any atom is -0.308 e. The Labute approximate surface area is 183 Å². The molecule has 0 unspecified atom stereocenters. The van der Waals surface area contributed by atoms with Crippen LogP contribution in [0.5, 0.6) is 0 Å². The highest BCUT2D eigenvalue weighted by Crippen LogP contribution is 2.42. The van der Waals surface area contributed by atoms with Gasteiger partial charge in [-0.3, -0.25) is 14.3 Å². The molecule has 1 fully saturated rings. The van der Waals surface area contributed by atoms with Gasteiger partial charge in [-0.1, -0.05) is 12.1 Å². The molecule has 164 valence electrons. The van der Waals surface area contributed by atoms with Crippen LogP contribution in [0.15, 0.2) is 36.4 Å². The van der Waals surface area contributed by atoms with E-state index in [1.165, 1.54) is 0 Å². The first-order chi connectivity index (χ1) is 14.5. The lowest BCUT2D eigenvalue weighted by atomic mass is 9.98. The van der Waals surface area contributed by atoms with Crippen molar-refractivity contribution in [3.05, 3.63) is 42.0 Å². The maximum Gasteiger partial charge on any atom is 0.230 e. The molecule has 2 aromatic carbocycles. The molecule has 1 aliphatic heterocycles. The zero-order valence-electron chi connectivity index (χ0n) is 18.2. The molecule has 0 radical (unpaired) electrons. The lowest BCUT2D eigenvalue weighted by molar-refractivity contribution is -0.120. The molecule has 0 aromatic heterocycles. The fourth-order valence-electron chi connectivity index (χ4n) is 4.20. The highest BCUT2D eigenvalue weighted by molar-refractivity contribution is 7.92. The largest absolute Gasteiger partial charge is 0.308 e. The second-order valence-electron chi connectivity index (χ2n) is 8.57. The van der Waals surface area contributed by atoms with Crippen molar-refractivity contribution in [3.63, 3.8) is 0 Å². The Hall–Kier alpha value is -2.87. The van der Waals surface area contributed by atoms with Gasteiger partial charge in [0.25, 0.3) is 0 Å². The molecule has 1 saturated carbocycles. The van der Waals surface area contributed by atoms with Gasteiger partial charge in [0.2, 0.25) is 21.8 Å². The van der Waals surface area contributed by atoms with Crippen molar-refractivity contribution in [3.8, 4) is 11.1 Å². The number of aryl methyl sites for hydroxylation is 1. The molecular weight excluding hydrogens is 414 g/mol. The second-order valence-corrected chi connectivity index (χ2v) is 10.3. The number of rotatable bonds is 4. The Morgan fingerprint density at radius 3 is 2.26 bits per heavy atom. The number of fused-ring (bicyclic) bond motifs is 1. The van der Waals surface area contributed by atoms with Gasteiger partial charge in [0.1, 0.15) is 0 Å². The summed E-state index contributed by atoms with van der Waals surface area (Å²) in [6.45, 7) is 5.82. The number of nitrogens with one attached hydrogen (secondary N) is 1. The molecule has 7 nitrogen and oxygen atoms in total. The van der Waals surface area contributed by atoms with E-state index in [1.807, 2.05) is 49.1 Å². The fourth-order valence-corrected chi connectivity index (χ4v) is 4.83. The van der Waals surface area contributed by atoms with Crippen molar-refractivity contribution in [2.24, 2.45) is 5.92 Å². The van der Waals surface area contributed by atoms with Crippen LogP contribution in [-0.4, -0.2) is 39.1 Å². The molecule has 1 heterocycles. The molecule has 2 aromatic rings. The van der Waals surface area contributed by atoms with Gasteiger partial charge < -0.3 is 9.80 Å². The van der Waals surface area contributed by atoms with E-state index in [2.05, 4.69) is 4.72 Å². The van der Waals surface area contributed by atoms with Gasteiger partial charge in [0.15, 0.2) is 0 Å². The SMILES string of the molecule is CC(=O)N1c2ccc(-c3ccc(NS(C)(=O)=O)c(C)c3)cc2N(C(=O)C2CC2)C[C@@H]1C. The summed E-state index contributed by atoms with van der Waals surface area (Å²) in [5.74, 6) is 0.153. The van der Waals surface area contributed by atoms with E-state index in [4.69, 9.17) is 0 Å².